The predicted molar refractivity (Wildman–Crippen MR) is 111 cm³/mol. The molecule has 0 saturated heterocycles. The van der Waals surface area contributed by atoms with Crippen molar-refractivity contribution < 1.29 is 9.47 Å². The van der Waals surface area contributed by atoms with Gasteiger partial charge in [-0.2, -0.15) is 5.10 Å². The molecule has 0 unspecified atom stereocenters. The Hall–Kier alpha value is -1.96. The number of methoxy groups -OCH3 is 1. The first-order chi connectivity index (χ1) is 12.8. The fourth-order valence-corrected chi connectivity index (χ4v) is 3.71. The van der Waals surface area contributed by atoms with Gasteiger partial charge in [0.25, 0.3) is 0 Å². The number of hydrogen-bond donors (Lipinski definition) is 0. The first-order valence-electron chi connectivity index (χ1n) is 8.91. The van der Waals surface area contributed by atoms with Gasteiger partial charge in [0.2, 0.25) is 5.88 Å². The van der Waals surface area contributed by atoms with E-state index in [2.05, 4.69) is 29.6 Å². The molecule has 3 heterocycles. The van der Waals surface area contributed by atoms with Crippen molar-refractivity contribution in [1.82, 2.24) is 19.7 Å². The van der Waals surface area contributed by atoms with Gasteiger partial charge in [0.05, 0.1) is 12.7 Å². The SMILES string of the molecule is COc1nccc(C)c1-c1nn(COCC[Si](C)(C)C)c2nc(Cl)ccc12. The van der Waals surface area contributed by atoms with Gasteiger partial charge in [-0.3, -0.25) is 0 Å². The summed E-state index contributed by atoms with van der Waals surface area (Å²) < 4.78 is 13.1. The molecule has 0 atom stereocenters. The molecule has 0 fully saturated rings. The van der Waals surface area contributed by atoms with Crippen molar-refractivity contribution in [2.45, 2.75) is 39.3 Å². The standard InChI is InChI=1S/C19H25ClN4O2Si/c1-13-8-9-21-19(25-2)16(13)17-14-6-7-15(20)22-18(14)24(23-17)12-26-10-11-27(3,4)5/h6-9H,10-12H2,1-5H3. The summed E-state index contributed by atoms with van der Waals surface area (Å²) in [6, 6.07) is 6.74. The maximum Gasteiger partial charge on any atom is 0.223 e. The van der Waals surface area contributed by atoms with Crippen LogP contribution in [-0.2, 0) is 11.5 Å². The van der Waals surface area contributed by atoms with Crippen molar-refractivity contribution in [3.63, 3.8) is 0 Å². The molecule has 0 bridgehead atoms. The van der Waals surface area contributed by atoms with Gasteiger partial charge in [0.15, 0.2) is 5.65 Å². The summed E-state index contributed by atoms with van der Waals surface area (Å²) in [5.41, 5.74) is 3.35. The lowest BCUT2D eigenvalue weighted by atomic mass is 10.1. The molecule has 0 aliphatic heterocycles. The third-order valence-electron chi connectivity index (χ3n) is 4.33. The highest BCUT2D eigenvalue weighted by atomic mass is 35.5. The summed E-state index contributed by atoms with van der Waals surface area (Å²) in [5, 5.41) is 6.08. The molecule has 0 amide bonds. The number of aryl methyl sites for hydroxylation is 1. The minimum Gasteiger partial charge on any atom is -0.480 e. The molecule has 0 radical (unpaired) electrons. The minimum atomic E-state index is -1.14. The van der Waals surface area contributed by atoms with Gasteiger partial charge in [-0.05, 0) is 36.7 Å². The van der Waals surface area contributed by atoms with Crippen LogP contribution in [0.2, 0.25) is 30.8 Å². The maximum atomic E-state index is 6.13. The Morgan fingerprint density at radius 2 is 1.96 bits per heavy atom. The first kappa shape index (κ1) is 19.8. The first-order valence-corrected chi connectivity index (χ1v) is 13.0. The Morgan fingerprint density at radius 3 is 2.67 bits per heavy atom. The Labute approximate surface area is 165 Å². The lowest BCUT2D eigenvalue weighted by molar-refractivity contribution is 0.0814. The lowest BCUT2D eigenvalue weighted by Gasteiger charge is -2.15. The number of nitrogens with zero attached hydrogens (tertiary/aromatic N) is 4. The largest absolute Gasteiger partial charge is 0.480 e. The molecule has 8 heteroatoms. The number of pyridine rings is 2. The molecule has 0 aliphatic carbocycles. The highest BCUT2D eigenvalue weighted by Gasteiger charge is 2.20. The van der Waals surface area contributed by atoms with Gasteiger partial charge >= 0.3 is 0 Å². The van der Waals surface area contributed by atoms with Crippen LogP contribution in [0.5, 0.6) is 5.88 Å². The number of rotatable bonds is 7. The van der Waals surface area contributed by atoms with E-state index in [9.17, 15) is 0 Å². The second-order valence-corrected chi connectivity index (χ2v) is 13.7. The number of aromatic nitrogens is 4. The van der Waals surface area contributed by atoms with E-state index in [0.717, 1.165) is 28.3 Å². The molecular weight excluding hydrogens is 380 g/mol. The number of ether oxygens (including phenoxy) is 2. The van der Waals surface area contributed by atoms with Crippen molar-refractivity contribution >= 4 is 30.7 Å². The number of hydrogen-bond acceptors (Lipinski definition) is 5. The number of fused-ring (bicyclic) bond motifs is 1. The molecule has 0 spiro atoms. The van der Waals surface area contributed by atoms with Crippen LogP contribution in [0.15, 0.2) is 24.4 Å². The van der Waals surface area contributed by atoms with Gasteiger partial charge in [-0.1, -0.05) is 31.2 Å². The molecule has 6 nitrogen and oxygen atoms in total. The highest BCUT2D eigenvalue weighted by molar-refractivity contribution is 6.76. The molecule has 3 rings (SSSR count). The monoisotopic (exact) mass is 404 g/mol. The summed E-state index contributed by atoms with van der Waals surface area (Å²) in [7, 11) is 0.469. The summed E-state index contributed by atoms with van der Waals surface area (Å²) >= 11 is 6.13. The lowest BCUT2D eigenvalue weighted by Crippen LogP contribution is -2.22. The Kier molecular flexibility index (Phi) is 5.83. The zero-order valence-electron chi connectivity index (χ0n) is 16.4. The van der Waals surface area contributed by atoms with Crippen LogP contribution in [0.1, 0.15) is 5.56 Å². The molecule has 0 aromatic carbocycles. The van der Waals surface area contributed by atoms with Crippen LogP contribution in [-0.4, -0.2) is 41.5 Å². The normalized spacial score (nSPS) is 11.9. The quantitative estimate of drug-likeness (QED) is 0.322. The molecule has 3 aromatic heterocycles. The van der Waals surface area contributed by atoms with Crippen LogP contribution in [0.4, 0.5) is 0 Å². The molecule has 144 valence electrons. The zero-order valence-corrected chi connectivity index (χ0v) is 18.2. The van der Waals surface area contributed by atoms with E-state index in [1.54, 1.807) is 24.1 Å². The third kappa shape index (κ3) is 4.48. The molecule has 0 N–H and O–H groups in total. The van der Waals surface area contributed by atoms with Gasteiger partial charge in [0, 0.05) is 26.3 Å². The van der Waals surface area contributed by atoms with Crippen LogP contribution >= 0.6 is 11.6 Å². The Balaban J connectivity index is 2.01. The molecule has 0 aliphatic rings. The third-order valence-corrected chi connectivity index (χ3v) is 6.24. The van der Waals surface area contributed by atoms with Crippen molar-refractivity contribution in [2.75, 3.05) is 13.7 Å². The minimum absolute atomic E-state index is 0.329. The van der Waals surface area contributed by atoms with E-state index in [4.69, 9.17) is 26.2 Å². The van der Waals surface area contributed by atoms with Crippen molar-refractivity contribution in [1.29, 1.82) is 0 Å². The van der Waals surface area contributed by atoms with Gasteiger partial charge < -0.3 is 9.47 Å². The summed E-state index contributed by atoms with van der Waals surface area (Å²) in [4.78, 5) is 8.79. The fourth-order valence-electron chi connectivity index (χ4n) is 2.81. The molecular formula is C19H25ClN4O2Si. The molecule has 27 heavy (non-hydrogen) atoms. The van der Waals surface area contributed by atoms with E-state index in [0.29, 0.717) is 30.0 Å². The van der Waals surface area contributed by atoms with Crippen molar-refractivity contribution in [3.8, 4) is 17.1 Å². The van der Waals surface area contributed by atoms with E-state index >= 15 is 0 Å². The van der Waals surface area contributed by atoms with E-state index < -0.39 is 8.07 Å². The highest BCUT2D eigenvalue weighted by Crippen LogP contribution is 2.35. The molecule has 0 saturated carbocycles. The van der Waals surface area contributed by atoms with Gasteiger partial charge in [0.1, 0.15) is 17.6 Å². The Morgan fingerprint density at radius 1 is 1.19 bits per heavy atom. The topological polar surface area (TPSA) is 62.1 Å². The van der Waals surface area contributed by atoms with Crippen LogP contribution in [0, 0.1) is 6.92 Å². The smallest absolute Gasteiger partial charge is 0.223 e. The van der Waals surface area contributed by atoms with E-state index in [-0.39, 0.29) is 0 Å². The Bertz CT molecular complexity index is 953. The molecule has 3 aromatic rings. The van der Waals surface area contributed by atoms with E-state index in [1.807, 2.05) is 19.1 Å². The summed E-state index contributed by atoms with van der Waals surface area (Å²) in [6.07, 6.45) is 1.73. The van der Waals surface area contributed by atoms with Crippen LogP contribution in [0.3, 0.4) is 0 Å². The summed E-state index contributed by atoms with van der Waals surface area (Å²) in [5.74, 6) is 0.538. The van der Waals surface area contributed by atoms with E-state index in [1.165, 1.54) is 0 Å². The summed E-state index contributed by atoms with van der Waals surface area (Å²) in [6.45, 7) is 10.0. The maximum absolute atomic E-state index is 6.13. The fraction of sp³-hybridized carbons (Fsp3) is 0.421. The average Bonchev–Trinajstić information content (AvgIpc) is 2.95. The van der Waals surface area contributed by atoms with Gasteiger partial charge in [-0.15, -0.1) is 0 Å². The van der Waals surface area contributed by atoms with Crippen LogP contribution in [0.25, 0.3) is 22.3 Å². The van der Waals surface area contributed by atoms with Gasteiger partial charge in [-0.25, -0.2) is 14.6 Å². The van der Waals surface area contributed by atoms with Crippen molar-refractivity contribution in [3.05, 3.63) is 35.1 Å². The second kappa shape index (κ2) is 7.96. The van der Waals surface area contributed by atoms with Crippen molar-refractivity contribution in [2.24, 2.45) is 0 Å². The number of halogens is 1. The van der Waals surface area contributed by atoms with Crippen LogP contribution < -0.4 is 4.74 Å². The predicted octanol–water partition coefficient (Wildman–Crippen LogP) is 4.78. The average molecular weight is 405 g/mol. The second-order valence-electron chi connectivity index (χ2n) is 7.71. The zero-order chi connectivity index (χ0) is 19.6.